The standard InChI is InChI=1S/C27H31ClN4O2S.C24H29ClN2O5S2/c1-19-29-12-16-31(19)13-4-5-21-17-22-18-23(28)7-8-24(22)26(27-25(21)6-3-11-30-27)20-9-14-32(15-10-20)35-34-33-2;1-30-32-33-27-12-9-17(10-13-27)23-21-8-7-20(25)16-19(21)15-18(5-4-14-31-34(2,28)29)22-6-3-11-26-24(22)23/h3,6-8,11-12,16-18,20,26H,4-5,9-10,13-15H2,1-2H3;3,6-8,11,15-17,23H,4-5,9-10,12-14H2,1-2H3. The second-order valence-corrected chi connectivity index (χ2v) is 21.9. The molecule has 0 bridgehead atoms. The summed E-state index contributed by atoms with van der Waals surface area (Å²) < 4.78 is 44.4. The molecule has 4 aliphatic rings. The van der Waals surface area contributed by atoms with Crippen LogP contribution in [0.5, 0.6) is 0 Å². The number of fused-ring (bicyclic) bond motifs is 4. The molecular formula is C51H60Cl2N6O7S3. The molecule has 0 radical (unpaired) electrons. The molecule has 2 fully saturated rings. The summed E-state index contributed by atoms with van der Waals surface area (Å²) in [6.45, 7) is 6.84. The summed E-state index contributed by atoms with van der Waals surface area (Å²) in [5, 5.41) is 1.46. The Hall–Kier alpha value is -3.62. The van der Waals surface area contributed by atoms with E-state index < -0.39 is 10.1 Å². The second-order valence-electron chi connectivity index (χ2n) is 17.8. The summed E-state index contributed by atoms with van der Waals surface area (Å²) in [7, 11) is -0.408. The summed E-state index contributed by atoms with van der Waals surface area (Å²) in [5.74, 6) is 2.33. The van der Waals surface area contributed by atoms with Gasteiger partial charge in [-0.25, -0.2) is 23.4 Å². The van der Waals surface area contributed by atoms with Crippen molar-refractivity contribution in [2.45, 2.75) is 76.7 Å². The first kappa shape index (κ1) is 51.7. The number of aromatic nitrogens is 4. The van der Waals surface area contributed by atoms with E-state index in [0.29, 0.717) is 29.7 Å². The van der Waals surface area contributed by atoms with Crippen LogP contribution in [0.4, 0.5) is 0 Å². The Labute approximate surface area is 425 Å². The van der Waals surface area contributed by atoms with Gasteiger partial charge in [-0.1, -0.05) is 59.6 Å². The van der Waals surface area contributed by atoms with E-state index in [1.807, 2.05) is 42.9 Å². The fourth-order valence-corrected chi connectivity index (χ4v) is 12.0. The maximum Gasteiger partial charge on any atom is 0.264 e. The van der Waals surface area contributed by atoms with Crippen molar-refractivity contribution in [3.05, 3.63) is 146 Å². The molecule has 9 rings (SSSR count). The number of imidazole rings is 1. The first-order chi connectivity index (χ1) is 33.5. The number of pyridine rings is 2. The highest BCUT2D eigenvalue weighted by molar-refractivity contribution is 7.92. The van der Waals surface area contributed by atoms with E-state index in [1.165, 1.54) is 72.2 Å². The Balaban J connectivity index is 0.000000186. The molecule has 368 valence electrons. The van der Waals surface area contributed by atoms with E-state index in [-0.39, 0.29) is 18.4 Å². The molecule has 69 heavy (non-hydrogen) atoms. The summed E-state index contributed by atoms with van der Waals surface area (Å²) >= 11 is 15.4. The number of hydrogen-bond acceptors (Lipinski definition) is 14. The molecule has 0 N–H and O–H groups in total. The Morgan fingerprint density at radius 1 is 0.681 bits per heavy atom. The lowest BCUT2D eigenvalue weighted by Gasteiger charge is -2.35. The summed E-state index contributed by atoms with van der Waals surface area (Å²) in [4.78, 5) is 23.7. The number of aryl methyl sites for hydroxylation is 2. The van der Waals surface area contributed by atoms with E-state index in [2.05, 4.69) is 79.8 Å². The first-order valence-electron chi connectivity index (χ1n) is 23.5. The van der Waals surface area contributed by atoms with Crippen LogP contribution in [-0.4, -0.2) is 89.8 Å². The third-order valence-corrected chi connectivity index (χ3v) is 16.0. The number of hydrogen-bond donors (Lipinski definition) is 0. The number of nitrogens with zero attached hydrogens (tertiary/aromatic N) is 6. The largest absolute Gasteiger partial charge is 0.335 e. The van der Waals surface area contributed by atoms with Gasteiger partial charge in [0, 0.05) is 79.4 Å². The molecule has 5 heterocycles. The van der Waals surface area contributed by atoms with Crippen LogP contribution in [0.25, 0.3) is 23.3 Å². The Morgan fingerprint density at radius 2 is 1.17 bits per heavy atom. The average molecular weight is 1040 g/mol. The monoisotopic (exact) mass is 1030 g/mol. The number of piperidine rings is 2. The quantitative estimate of drug-likeness (QED) is 0.0219. The molecule has 5 aromatic rings. The predicted molar refractivity (Wildman–Crippen MR) is 277 cm³/mol. The van der Waals surface area contributed by atoms with E-state index in [0.717, 1.165) is 111 Å². The van der Waals surface area contributed by atoms with Gasteiger partial charge < -0.3 is 4.57 Å². The maximum absolute atomic E-state index is 11.4. The van der Waals surface area contributed by atoms with Crippen molar-refractivity contribution in [2.24, 2.45) is 11.8 Å². The van der Waals surface area contributed by atoms with E-state index in [1.54, 1.807) is 0 Å². The fourth-order valence-electron chi connectivity index (χ4n) is 10.2. The lowest BCUT2D eigenvalue weighted by Crippen LogP contribution is -2.32. The van der Waals surface area contributed by atoms with Crippen LogP contribution in [0.2, 0.25) is 10.0 Å². The van der Waals surface area contributed by atoms with Crippen molar-refractivity contribution < 1.29 is 31.0 Å². The Kier molecular flexibility index (Phi) is 18.5. The zero-order valence-corrected chi connectivity index (χ0v) is 43.4. The van der Waals surface area contributed by atoms with Crippen molar-refractivity contribution in [3.63, 3.8) is 0 Å². The number of rotatable bonds is 17. The minimum absolute atomic E-state index is 0.139. The van der Waals surface area contributed by atoms with Crippen LogP contribution in [0, 0.1) is 18.8 Å². The van der Waals surface area contributed by atoms with Crippen LogP contribution in [0.15, 0.2) is 85.5 Å². The van der Waals surface area contributed by atoms with Crippen molar-refractivity contribution in [3.8, 4) is 0 Å². The molecule has 18 heteroatoms. The molecule has 0 saturated carbocycles. The van der Waals surface area contributed by atoms with Gasteiger partial charge in [0.05, 0.1) is 38.5 Å². The Bertz CT molecular complexity index is 2690. The highest BCUT2D eigenvalue weighted by Gasteiger charge is 2.36. The number of benzene rings is 2. The summed E-state index contributed by atoms with van der Waals surface area (Å²) in [5.41, 5.74) is 12.0. The molecule has 2 aliphatic carbocycles. The molecule has 2 aliphatic heterocycles. The lowest BCUT2D eigenvalue weighted by atomic mass is 9.76. The molecule has 2 saturated heterocycles. The lowest BCUT2D eigenvalue weighted by molar-refractivity contribution is -0.164. The highest BCUT2D eigenvalue weighted by Crippen LogP contribution is 2.48. The number of halogens is 2. The molecule has 3 aromatic heterocycles. The molecule has 0 spiro atoms. The van der Waals surface area contributed by atoms with Gasteiger partial charge in [0.15, 0.2) is 0 Å². The average Bonchev–Trinajstić information content (AvgIpc) is 3.64. The Morgan fingerprint density at radius 3 is 1.62 bits per heavy atom. The third-order valence-electron chi connectivity index (χ3n) is 13.4. The molecule has 2 atom stereocenters. The smallest absolute Gasteiger partial charge is 0.264 e. The van der Waals surface area contributed by atoms with Crippen molar-refractivity contribution in [1.82, 2.24) is 28.1 Å². The van der Waals surface area contributed by atoms with Gasteiger partial charge in [-0.15, -0.1) is 8.67 Å². The van der Waals surface area contributed by atoms with Crippen LogP contribution < -0.4 is 0 Å². The van der Waals surface area contributed by atoms with Crippen LogP contribution >= 0.6 is 47.7 Å². The van der Waals surface area contributed by atoms with Gasteiger partial charge in [0.25, 0.3) is 10.1 Å². The molecule has 0 amide bonds. The minimum Gasteiger partial charge on any atom is -0.335 e. The summed E-state index contributed by atoms with van der Waals surface area (Å²) in [6.07, 6.45) is 20.7. The van der Waals surface area contributed by atoms with E-state index in [4.69, 9.17) is 55.8 Å². The molecule has 2 unspecified atom stereocenters. The van der Waals surface area contributed by atoms with Crippen molar-refractivity contribution >= 4 is 81.1 Å². The first-order valence-corrected chi connectivity index (χ1v) is 27.4. The van der Waals surface area contributed by atoms with E-state index >= 15 is 0 Å². The van der Waals surface area contributed by atoms with Gasteiger partial charge in [0.1, 0.15) is 30.3 Å². The van der Waals surface area contributed by atoms with Gasteiger partial charge in [0.2, 0.25) is 0 Å². The molecular weight excluding hydrogens is 976 g/mol. The van der Waals surface area contributed by atoms with Crippen molar-refractivity contribution in [1.29, 1.82) is 0 Å². The van der Waals surface area contributed by atoms with Crippen LogP contribution in [0.3, 0.4) is 0 Å². The highest BCUT2D eigenvalue weighted by atomic mass is 35.5. The van der Waals surface area contributed by atoms with Crippen LogP contribution in [0.1, 0.15) is 114 Å². The summed E-state index contributed by atoms with van der Waals surface area (Å²) in [6, 6.07) is 20.8. The molecule has 2 aromatic carbocycles. The van der Waals surface area contributed by atoms with Gasteiger partial charge in [-0.2, -0.15) is 8.42 Å². The van der Waals surface area contributed by atoms with Crippen LogP contribution in [-0.2, 0) is 39.3 Å². The maximum atomic E-state index is 11.4. The van der Waals surface area contributed by atoms with Gasteiger partial charge in [-0.3, -0.25) is 14.2 Å². The normalized spacial score (nSPS) is 18.9. The fraction of sp³-hybridized carbons (Fsp3) is 0.431. The van der Waals surface area contributed by atoms with Gasteiger partial charge >= 0.3 is 0 Å². The minimum atomic E-state index is -3.45. The zero-order valence-electron chi connectivity index (χ0n) is 39.5. The van der Waals surface area contributed by atoms with E-state index in [9.17, 15) is 8.42 Å². The predicted octanol–water partition coefficient (Wildman–Crippen LogP) is 11.9. The number of allylic oxidation sites excluding steroid dienone is 2. The SMILES string of the molecule is COOSN1CCC(C2c3ccc(Cl)cc3C=C(CCCOS(C)(=O)=O)c3cccnc32)CC1.COOSN1CCC(C2c3ccc(Cl)cc3C=C(CCCn3ccnc3C)c3cccnc32)CC1. The molecule has 13 nitrogen and oxygen atoms in total. The van der Waals surface area contributed by atoms with Gasteiger partial charge in [-0.05, 0) is 151 Å². The topological polar surface area (TPSA) is 130 Å². The van der Waals surface area contributed by atoms with Crippen molar-refractivity contribution in [2.75, 3.05) is 53.3 Å². The third kappa shape index (κ3) is 13.5. The zero-order chi connectivity index (χ0) is 48.3. The second kappa shape index (κ2) is 24.7.